The van der Waals surface area contributed by atoms with Crippen LogP contribution in [0.4, 0.5) is 4.39 Å². The SMILES string of the molecule is Cc1cc(F)ccc1S(=O)(=O)NCC(O)(c1cccs1)C1CC1. The Kier molecular flexibility index (Phi) is 4.31. The van der Waals surface area contributed by atoms with Gasteiger partial charge in [0.25, 0.3) is 0 Å². The van der Waals surface area contributed by atoms with Crippen LogP contribution >= 0.6 is 11.3 Å². The van der Waals surface area contributed by atoms with Crippen LogP contribution in [0, 0.1) is 18.7 Å². The molecule has 1 aliphatic carbocycles. The first-order valence-electron chi connectivity index (χ1n) is 7.35. The largest absolute Gasteiger partial charge is 0.383 e. The van der Waals surface area contributed by atoms with Crippen LogP contribution in [-0.4, -0.2) is 20.1 Å². The first-order valence-corrected chi connectivity index (χ1v) is 9.71. The second-order valence-corrected chi connectivity index (χ2v) is 8.59. The highest BCUT2D eigenvalue weighted by molar-refractivity contribution is 7.89. The van der Waals surface area contributed by atoms with Gasteiger partial charge in [-0.2, -0.15) is 0 Å². The molecule has 1 aliphatic rings. The zero-order valence-electron chi connectivity index (χ0n) is 12.6. The number of rotatable bonds is 6. The van der Waals surface area contributed by atoms with Gasteiger partial charge in [0.15, 0.2) is 0 Å². The average Bonchev–Trinajstić information content (AvgIpc) is 3.20. The van der Waals surface area contributed by atoms with E-state index in [0.29, 0.717) is 5.56 Å². The van der Waals surface area contributed by atoms with Crippen molar-refractivity contribution < 1.29 is 17.9 Å². The number of benzene rings is 1. The minimum atomic E-state index is -3.81. The van der Waals surface area contributed by atoms with Gasteiger partial charge in [0.1, 0.15) is 11.4 Å². The van der Waals surface area contributed by atoms with Crippen molar-refractivity contribution in [3.05, 3.63) is 52.0 Å². The van der Waals surface area contributed by atoms with Gasteiger partial charge in [0, 0.05) is 11.4 Å². The van der Waals surface area contributed by atoms with Crippen molar-refractivity contribution in [2.45, 2.75) is 30.3 Å². The highest BCUT2D eigenvalue weighted by Crippen LogP contribution is 2.46. The van der Waals surface area contributed by atoms with E-state index in [1.807, 2.05) is 17.5 Å². The van der Waals surface area contributed by atoms with Crippen molar-refractivity contribution in [2.24, 2.45) is 5.92 Å². The molecule has 0 bridgehead atoms. The molecule has 1 heterocycles. The normalized spacial score (nSPS) is 17.9. The number of aryl methyl sites for hydroxylation is 1. The van der Waals surface area contributed by atoms with Crippen LogP contribution in [0.25, 0.3) is 0 Å². The summed E-state index contributed by atoms with van der Waals surface area (Å²) in [7, 11) is -3.81. The first-order chi connectivity index (χ1) is 10.8. The Morgan fingerprint density at radius 1 is 1.39 bits per heavy atom. The van der Waals surface area contributed by atoms with Gasteiger partial charge in [-0.25, -0.2) is 17.5 Å². The van der Waals surface area contributed by atoms with E-state index in [9.17, 15) is 17.9 Å². The number of nitrogens with one attached hydrogen (secondary N) is 1. The van der Waals surface area contributed by atoms with Gasteiger partial charge in [0.2, 0.25) is 10.0 Å². The standard InChI is InChI=1S/C16H18FNO3S2/c1-11-9-13(17)6-7-14(11)23(20,21)18-10-16(19,12-4-5-12)15-3-2-8-22-15/h2-3,6-9,12,18-19H,4-5,10H2,1H3. The van der Waals surface area contributed by atoms with Gasteiger partial charge in [-0.1, -0.05) is 6.07 Å². The Morgan fingerprint density at radius 3 is 2.70 bits per heavy atom. The molecule has 1 aromatic heterocycles. The molecular weight excluding hydrogens is 337 g/mol. The summed E-state index contributed by atoms with van der Waals surface area (Å²) in [6, 6.07) is 7.20. The molecule has 124 valence electrons. The highest BCUT2D eigenvalue weighted by Gasteiger charge is 2.46. The van der Waals surface area contributed by atoms with Crippen molar-refractivity contribution in [1.29, 1.82) is 0 Å². The number of hydrogen-bond acceptors (Lipinski definition) is 4. The second-order valence-electron chi connectivity index (χ2n) is 5.91. The average molecular weight is 355 g/mol. The predicted molar refractivity (Wildman–Crippen MR) is 87.3 cm³/mol. The van der Waals surface area contributed by atoms with Gasteiger partial charge in [-0.15, -0.1) is 11.3 Å². The van der Waals surface area contributed by atoms with Crippen LogP contribution in [0.1, 0.15) is 23.3 Å². The molecule has 0 saturated heterocycles. The Balaban J connectivity index is 1.83. The summed E-state index contributed by atoms with van der Waals surface area (Å²) in [6.07, 6.45) is 1.76. The summed E-state index contributed by atoms with van der Waals surface area (Å²) in [4.78, 5) is 0.793. The molecule has 2 N–H and O–H groups in total. The summed E-state index contributed by atoms with van der Waals surface area (Å²) in [5, 5.41) is 12.8. The molecule has 1 unspecified atom stereocenters. The third-order valence-electron chi connectivity index (χ3n) is 4.16. The lowest BCUT2D eigenvalue weighted by atomic mass is 9.96. The van der Waals surface area contributed by atoms with E-state index in [-0.39, 0.29) is 17.4 Å². The molecule has 1 fully saturated rings. The number of halogens is 1. The van der Waals surface area contributed by atoms with E-state index in [4.69, 9.17) is 0 Å². The van der Waals surface area contributed by atoms with Crippen molar-refractivity contribution in [1.82, 2.24) is 4.72 Å². The molecule has 1 saturated carbocycles. The van der Waals surface area contributed by atoms with Gasteiger partial charge in [-0.3, -0.25) is 0 Å². The monoisotopic (exact) mass is 355 g/mol. The molecule has 7 heteroatoms. The van der Waals surface area contributed by atoms with Gasteiger partial charge in [-0.05, 0) is 60.9 Å². The zero-order chi connectivity index (χ0) is 16.7. The number of thiophene rings is 1. The predicted octanol–water partition coefficient (Wildman–Crippen LogP) is 2.77. The summed E-state index contributed by atoms with van der Waals surface area (Å²) < 4.78 is 40.6. The van der Waals surface area contributed by atoms with Gasteiger partial charge in [0.05, 0.1) is 4.90 Å². The number of aliphatic hydroxyl groups is 1. The Bertz CT molecular complexity index is 801. The van der Waals surface area contributed by atoms with Crippen molar-refractivity contribution >= 4 is 21.4 Å². The molecule has 1 atom stereocenters. The quantitative estimate of drug-likeness (QED) is 0.837. The topological polar surface area (TPSA) is 66.4 Å². The Labute approximate surface area is 139 Å². The number of sulfonamides is 1. The summed E-state index contributed by atoms with van der Waals surface area (Å²) in [5.74, 6) is -0.410. The van der Waals surface area contributed by atoms with Gasteiger partial charge >= 0.3 is 0 Å². The fourth-order valence-electron chi connectivity index (χ4n) is 2.72. The van der Waals surface area contributed by atoms with E-state index in [0.717, 1.165) is 23.8 Å². The molecular formula is C16H18FNO3S2. The first kappa shape index (κ1) is 16.6. The lowest BCUT2D eigenvalue weighted by Crippen LogP contribution is -2.42. The van der Waals surface area contributed by atoms with Crippen molar-refractivity contribution in [3.63, 3.8) is 0 Å². The van der Waals surface area contributed by atoms with E-state index >= 15 is 0 Å². The van der Waals surface area contributed by atoms with E-state index in [1.54, 1.807) is 6.92 Å². The highest BCUT2D eigenvalue weighted by atomic mass is 32.2. The fraction of sp³-hybridized carbons (Fsp3) is 0.375. The Hall–Kier alpha value is -1.28. The fourth-order valence-corrected chi connectivity index (χ4v) is 4.91. The molecule has 0 amide bonds. The molecule has 23 heavy (non-hydrogen) atoms. The van der Waals surface area contributed by atoms with E-state index in [1.165, 1.54) is 23.5 Å². The summed E-state index contributed by atoms with van der Waals surface area (Å²) >= 11 is 1.42. The zero-order valence-corrected chi connectivity index (χ0v) is 14.3. The third kappa shape index (κ3) is 3.33. The summed E-state index contributed by atoms with van der Waals surface area (Å²) in [5.41, 5.74) is -0.849. The minimum Gasteiger partial charge on any atom is -0.383 e. The van der Waals surface area contributed by atoms with Gasteiger partial charge < -0.3 is 5.11 Å². The molecule has 0 spiro atoms. The molecule has 1 aromatic carbocycles. The smallest absolute Gasteiger partial charge is 0.240 e. The molecule has 4 nitrogen and oxygen atoms in total. The van der Waals surface area contributed by atoms with Crippen LogP contribution in [0.2, 0.25) is 0 Å². The van der Waals surface area contributed by atoms with Crippen LogP contribution in [-0.2, 0) is 15.6 Å². The molecule has 2 aromatic rings. The summed E-state index contributed by atoms with van der Waals surface area (Å²) in [6.45, 7) is 1.46. The third-order valence-corrected chi connectivity index (χ3v) is 6.76. The lowest BCUT2D eigenvalue weighted by Gasteiger charge is -2.27. The molecule has 0 aliphatic heterocycles. The maximum atomic E-state index is 13.2. The minimum absolute atomic E-state index is 0.0308. The maximum Gasteiger partial charge on any atom is 0.240 e. The van der Waals surface area contributed by atoms with Crippen LogP contribution in [0.5, 0.6) is 0 Å². The molecule has 0 radical (unpaired) electrons. The van der Waals surface area contributed by atoms with Crippen LogP contribution < -0.4 is 4.72 Å². The maximum absolute atomic E-state index is 13.2. The lowest BCUT2D eigenvalue weighted by molar-refractivity contribution is 0.0222. The van der Waals surface area contributed by atoms with Crippen LogP contribution in [0.15, 0.2) is 40.6 Å². The van der Waals surface area contributed by atoms with E-state index < -0.39 is 21.4 Å². The van der Waals surface area contributed by atoms with Crippen LogP contribution in [0.3, 0.4) is 0 Å². The van der Waals surface area contributed by atoms with Crippen molar-refractivity contribution in [2.75, 3.05) is 6.54 Å². The Morgan fingerprint density at radius 2 is 2.13 bits per heavy atom. The number of hydrogen-bond donors (Lipinski definition) is 2. The molecule has 3 rings (SSSR count). The van der Waals surface area contributed by atoms with Crippen molar-refractivity contribution in [3.8, 4) is 0 Å². The second kappa shape index (κ2) is 5.98. The van der Waals surface area contributed by atoms with E-state index in [2.05, 4.69) is 4.72 Å².